The van der Waals surface area contributed by atoms with Crippen molar-refractivity contribution in [3.8, 4) is 0 Å². The number of nitrogens with zero attached hydrogens (tertiary/aromatic N) is 2. The number of rotatable bonds is 0. The summed E-state index contributed by atoms with van der Waals surface area (Å²) in [6.45, 7) is 4.28. The van der Waals surface area contributed by atoms with Gasteiger partial charge in [0, 0.05) is 44.2 Å². The molecule has 2 nitrogen and oxygen atoms in total. The van der Waals surface area contributed by atoms with E-state index in [1.165, 1.54) is 12.4 Å². The van der Waals surface area contributed by atoms with Crippen molar-refractivity contribution in [2.45, 2.75) is 14.4 Å². The van der Waals surface area contributed by atoms with Crippen LogP contribution in [0.15, 0.2) is 4.99 Å². The first-order valence-electron chi connectivity index (χ1n) is 3.12. The van der Waals surface area contributed by atoms with Crippen LogP contribution in [0, 0.1) is 0 Å². The molecule has 0 saturated heterocycles. The lowest BCUT2D eigenvalue weighted by atomic mass is 10.5. The molecule has 1 rings (SSSR count). The largest absolute Gasteiger partial charge is 0.282 e. The SMILES string of the molecule is C.CC1=NCC[N+]1(C)C.II. The first kappa shape index (κ1) is 14.6. The molecule has 0 aliphatic carbocycles. The van der Waals surface area contributed by atoms with Crippen molar-refractivity contribution in [1.29, 1.82) is 0 Å². The molecule has 1 heterocycles. The molecule has 0 fully saturated rings. The van der Waals surface area contributed by atoms with E-state index in [2.05, 4.69) is 63.2 Å². The topological polar surface area (TPSA) is 12.4 Å². The molecule has 0 aromatic carbocycles. The monoisotopic (exact) mass is 383 g/mol. The van der Waals surface area contributed by atoms with E-state index in [4.69, 9.17) is 0 Å². The normalized spacial score (nSPS) is 19.2. The Morgan fingerprint density at radius 3 is 1.91 bits per heavy atom. The molecule has 0 unspecified atom stereocenters. The first-order chi connectivity index (χ1) is 4.63. The van der Waals surface area contributed by atoms with E-state index in [-0.39, 0.29) is 7.43 Å². The van der Waals surface area contributed by atoms with Gasteiger partial charge >= 0.3 is 0 Å². The molecule has 11 heavy (non-hydrogen) atoms. The zero-order valence-electron chi connectivity index (χ0n) is 6.56. The highest BCUT2D eigenvalue weighted by atomic mass is 128. The van der Waals surface area contributed by atoms with Gasteiger partial charge in [-0.25, -0.2) is 4.99 Å². The molecule has 1 aliphatic rings. The van der Waals surface area contributed by atoms with E-state index in [0.29, 0.717) is 0 Å². The number of hydrogen-bond donors (Lipinski definition) is 0. The summed E-state index contributed by atoms with van der Waals surface area (Å²) in [5.41, 5.74) is 0. The van der Waals surface area contributed by atoms with Crippen LogP contribution in [0.5, 0.6) is 0 Å². The van der Waals surface area contributed by atoms with E-state index in [1.807, 2.05) is 0 Å². The molecule has 0 aromatic rings. The van der Waals surface area contributed by atoms with Crippen molar-refractivity contribution in [3.63, 3.8) is 0 Å². The fourth-order valence-corrected chi connectivity index (χ4v) is 0.815. The Morgan fingerprint density at radius 2 is 1.82 bits per heavy atom. The van der Waals surface area contributed by atoms with Gasteiger partial charge in [-0.1, -0.05) is 7.43 Å². The van der Waals surface area contributed by atoms with Crippen LogP contribution in [0.4, 0.5) is 0 Å². The van der Waals surface area contributed by atoms with E-state index >= 15 is 0 Å². The number of aliphatic imine (C=N–C) groups is 1. The number of halogens is 2. The average Bonchev–Trinajstić information content (AvgIpc) is 2.17. The standard InChI is InChI=1S/C6H13N2.CH4.I2/c1-6-7-4-5-8(6,2)3;;1-2/h4-5H2,1-3H3;1H4;/q+1;;. The predicted molar refractivity (Wildman–Crippen MR) is 69.7 cm³/mol. The molecular weight excluding hydrogens is 366 g/mol. The third-order valence-corrected chi connectivity index (χ3v) is 1.88. The molecule has 0 saturated carbocycles. The Hall–Kier alpha value is 1.09. The summed E-state index contributed by atoms with van der Waals surface area (Å²) in [4.78, 5) is 4.28. The summed E-state index contributed by atoms with van der Waals surface area (Å²) in [5.74, 6) is 1.25. The maximum atomic E-state index is 4.28. The molecule has 4 heteroatoms. The molecule has 0 amide bonds. The van der Waals surface area contributed by atoms with Crippen molar-refractivity contribution < 1.29 is 4.48 Å². The zero-order chi connectivity index (χ0) is 8.20. The highest BCUT2D eigenvalue weighted by Crippen LogP contribution is 2.05. The van der Waals surface area contributed by atoms with Crippen LogP contribution in [-0.2, 0) is 0 Å². The Balaban J connectivity index is 0. The zero-order valence-corrected chi connectivity index (χ0v) is 10.9. The molecular formula is C7H17I2N2+. The summed E-state index contributed by atoms with van der Waals surface area (Å²) >= 11 is 4.24. The first-order valence-corrected chi connectivity index (χ1v) is 9.40. The number of likely N-dealkylation sites (N-methyl/N-ethyl adjacent to an activating group) is 1. The van der Waals surface area contributed by atoms with Crippen molar-refractivity contribution in [3.05, 3.63) is 0 Å². The summed E-state index contributed by atoms with van der Waals surface area (Å²) < 4.78 is 0.986. The minimum Gasteiger partial charge on any atom is -0.282 e. The quantitative estimate of drug-likeness (QED) is 0.451. The molecule has 0 aromatic heterocycles. The molecule has 68 valence electrons. The number of quaternary nitrogens is 1. The van der Waals surface area contributed by atoms with E-state index in [1.54, 1.807) is 0 Å². The smallest absolute Gasteiger partial charge is 0.194 e. The van der Waals surface area contributed by atoms with Crippen molar-refractivity contribution >= 4 is 43.1 Å². The van der Waals surface area contributed by atoms with Gasteiger partial charge in [-0.05, 0) is 0 Å². The van der Waals surface area contributed by atoms with E-state index < -0.39 is 0 Å². The second-order valence-corrected chi connectivity index (χ2v) is 2.84. The second kappa shape index (κ2) is 6.59. The Kier molecular flexibility index (Phi) is 8.75. The summed E-state index contributed by atoms with van der Waals surface area (Å²) in [6, 6.07) is 0. The van der Waals surface area contributed by atoms with E-state index in [9.17, 15) is 0 Å². The van der Waals surface area contributed by atoms with Crippen LogP contribution in [0.1, 0.15) is 14.4 Å². The van der Waals surface area contributed by atoms with Gasteiger partial charge < -0.3 is 0 Å². The fraction of sp³-hybridized carbons (Fsp3) is 0.857. The van der Waals surface area contributed by atoms with Gasteiger partial charge in [-0.15, -0.1) is 0 Å². The van der Waals surface area contributed by atoms with Crippen LogP contribution >= 0.6 is 37.2 Å². The third-order valence-electron chi connectivity index (χ3n) is 1.88. The van der Waals surface area contributed by atoms with Crippen molar-refractivity contribution in [2.75, 3.05) is 27.2 Å². The van der Waals surface area contributed by atoms with Crippen LogP contribution in [0.25, 0.3) is 0 Å². The molecule has 1 aliphatic heterocycles. The van der Waals surface area contributed by atoms with E-state index in [0.717, 1.165) is 11.0 Å². The fourth-order valence-electron chi connectivity index (χ4n) is 0.815. The van der Waals surface area contributed by atoms with Crippen LogP contribution < -0.4 is 0 Å². The Labute approximate surface area is 93.4 Å². The molecule has 0 N–H and O–H groups in total. The lowest BCUT2D eigenvalue weighted by Crippen LogP contribution is -2.41. The maximum Gasteiger partial charge on any atom is 0.194 e. The van der Waals surface area contributed by atoms with Crippen LogP contribution in [-0.4, -0.2) is 37.5 Å². The predicted octanol–water partition coefficient (Wildman–Crippen LogP) is 2.90. The Morgan fingerprint density at radius 1 is 1.36 bits per heavy atom. The minimum absolute atomic E-state index is 0. The lowest BCUT2D eigenvalue weighted by molar-refractivity contribution is -0.792. The molecule has 0 atom stereocenters. The third kappa shape index (κ3) is 4.62. The van der Waals surface area contributed by atoms with Crippen molar-refractivity contribution in [2.24, 2.45) is 4.99 Å². The average molecular weight is 383 g/mol. The number of hydrogen-bond acceptors (Lipinski definition) is 1. The lowest BCUT2D eigenvalue weighted by Gasteiger charge is -2.21. The van der Waals surface area contributed by atoms with Crippen molar-refractivity contribution in [1.82, 2.24) is 0 Å². The maximum absolute atomic E-state index is 4.28. The summed E-state index contributed by atoms with van der Waals surface area (Å²) in [6.07, 6.45) is 0. The second-order valence-electron chi connectivity index (χ2n) is 2.84. The minimum atomic E-state index is 0. The van der Waals surface area contributed by atoms with Gasteiger partial charge in [-0.3, -0.25) is 4.48 Å². The molecule has 0 radical (unpaired) electrons. The van der Waals surface area contributed by atoms with Gasteiger partial charge in [0.05, 0.1) is 20.6 Å². The highest BCUT2D eigenvalue weighted by Gasteiger charge is 2.23. The van der Waals surface area contributed by atoms with Gasteiger partial charge in [-0.2, -0.15) is 0 Å². The Bertz CT molecular complexity index is 132. The number of amidine groups is 1. The van der Waals surface area contributed by atoms with Gasteiger partial charge in [0.2, 0.25) is 0 Å². The summed E-state index contributed by atoms with van der Waals surface area (Å²) in [5, 5.41) is 0. The van der Waals surface area contributed by atoms with Gasteiger partial charge in [0.25, 0.3) is 0 Å². The van der Waals surface area contributed by atoms with Gasteiger partial charge in [0.15, 0.2) is 5.84 Å². The van der Waals surface area contributed by atoms with Gasteiger partial charge in [0.1, 0.15) is 6.54 Å². The molecule has 0 spiro atoms. The summed E-state index contributed by atoms with van der Waals surface area (Å²) in [7, 11) is 4.37. The van der Waals surface area contributed by atoms with Crippen LogP contribution in [0.3, 0.4) is 0 Å². The highest BCUT2D eigenvalue weighted by molar-refractivity contribution is 15.0. The molecule has 0 bridgehead atoms. The van der Waals surface area contributed by atoms with Crippen LogP contribution in [0.2, 0.25) is 0 Å².